The Morgan fingerprint density at radius 1 is 1.15 bits per heavy atom. The molecule has 0 unspecified atom stereocenters. The van der Waals surface area contributed by atoms with Gasteiger partial charge in [-0.1, -0.05) is 6.07 Å². The van der Waals surface area contributed by atoms with E-state index < -0.39 is 26.7 Å². The largest absolute Gasteiger partial charge is 0.496 e. The quantitative estimate of drug-likeness (QED) is 0.374. The maximum absolute atomic E-state index is 13.3. The number of nitro groups is 1. The molecule has 1 amide bonds. The molecule has 0 saturated carbocycles. The van der Waals surface area contributed by atoms with Gasteiger partial charge < -0.3 is 10.1 Å². The van der Waals surface area contributed by atoms with E-state index in [0.29, 0.717) is 16.9 Å². The number of nitrogens with zero attached hydrogens (tertiary/aromatic N) is 2. The molecule has 0 fully saturated rings. The molecule has 9 nitrogen and oxygen atoms in total. The molecule has 0 aliphatic rings. The molecular weight excluding hydrogens is 465 g/mol. The average molecular weight is 488 g/mol. The monoisotopic (exact) mass is 487 g/mol. The van der Waals surface area contributed by atoms with Gasteiger partial charge in [0.1, 0.15) is 11.6 Å². The van der Waals surface area contributed by atoms with E-state index in [1.165, 1.54) is 56.5 Å². The zero-order valence-electron chi connectivity index (χ0n) is 18.6. The first-order chi connectivity index (χ1) is 16.0. The van der Waals surface area contributed by atoms with Gasteiger partial charge in [-0.15, -0.1) is 0 Å². The lowest BCUT2D eigenvalue weighted by molar-refractivity contribution is -0.385. The fraction of sp³-hybridized carbons (Fsp3) is 0.174. The highest BCUT2D eigenvalue weighted by atomic mass is 32.2. The number of anilines is 2. The zero-order valence-corrected chi connectivity index (χ0v) is 19.4. The van der Waals surface area contributed by atoms with E-state index in [-0.39, 0.29) is 29.2 Å². The minimum absolute atomic E-state index is 0.128. The van der Waals surface area contributed by atoms with Gasteiger partial charge in [-0.3, -0.25) is 19.2 Å². The summed E-state index contributed by atoms with van der Waals surface area (Å²) in [5, 5.41) is 13.8. The van der Waals surface area contributed by atoms with Gasteiger partial charge in [0.05, 0.1) is 41.8 Å². The van der Waals surface area contributed by atoms with Gasteiger partial charge in [0.25, 0.3) is 11.6 Å². The van der Waals surface area contributed by atoms with Gasteiger partial charge in [-0.05, 0) is 55.5 Å². The molecule has 0 heterocycles. The van der Waals surface area contributed by atoms with Crippen LogP contribution in [0.5, 0.6) is 5.75 Å². The summed E-state index contributed by atoms with van der Waals surface area (Å²) in [6, 6.07) is 13.8. The van der Waals surface area contributed by atoms with Gasteiger partial charge in [0.15, 0.2) is 0 Å². The fourth-order valence-corrected chi connectivity index (χ4v) is 4.23. The van der Waals surface area contributed by atoms with E-state index in [2.05, 4.69) is 5.32 Å². The first-order valence-corrected chi connectivity index (χ1v) is 11.8. The minimum atomic E-state index is -3.76. The molecule has 0 bridgehead atoms. The van der Waals surface area contributed by atoms with Gasteiger partial charge in [0, 0.05) is 17.2 Å². The van der Waals surface area contributed by atoms with Crippen molar-refractivity contribution in [3.63, 3.8) is 0 Å². The highest BCUT2D eigenvalue weighted by molar-refractivity contribution is 7.92. The molecule has 11 heteroatoms. The average Bonchev–Trinajstić information content (AvgIpc) is 2.78. The summed E-state index contributed by atoms with van der Waals surface area (Å²) in [6.07, 6.45) is 1.02. The SMILES string of the molecule is COc1ccc(C(=O)Nc2cccc([N+](=O)[O-])c2C)cc1CN(c1ccc(F)cc1)S(C)(=O)=O. The summed E-state index contributed by atoms with van der Waals surface area (Å²) in [5.41, 5.74) is 1.27. The second-order valence-corrected chi connectivity index (χ2v) is 9.34. The maximum atomic E-state index is 13.3. The third kappa shape index (κ3) is 5.49. The summed E-state index contributed by atoms with van der Waals surface area (Å²) in [4.78, 5) is 23.5. The lowest BCUT2D eigenvalue weighted by Crippen LogP contribution is -2.29. The lowest BCUT2D eigenvalue weighted by Gasteiger charge is -2.24. The Bertz CT molecular complexity index is 1340. The number of methoxy groups -OCH3 is 1. The van der Waals surface area contributed by atoms with Crippen LogP contribution in [0.3, 0.4) is 0 Å². The number of hydrogen-bond acceptors (Lipinski definition) is 6. The Morgan fingerprint density at radius 2 is 1.82 bits per heavy atom. The molecule has 0 atom stereocenters. The molecule has 0 aromatic heterocycles. The minimum Gasteiger partial charge on any atom is -0.496 e. The van der Waals surface area contributed by atoms with Gasteiger partial charge in [-0.25, -0.2) is 12.8 Å². The molecule has 0 radical (unpaired) electrons. The Balaban J connectivity index is 1.95. The van der Waals surface area contributed by atoms with Crippen molar-refractivity contribution in [3.05, 3.63) is 93.3 Å². The number of halogens is 1. The molecular formula is C23H22FN3O6S. The summed E-state index contributed by atoms with van der Waals surface area (Å²) >= 11 is 0. The summed E-state index contributed by atoms with van der Waals surface area (Å²) in [7, 11) is -2.35. The number of benzene rings is 3. The predicted molar refractivity (Wildman–Crippen MR) is 126 cm³/mol. The van der Waals surface area contributed by atoms with E-state index in [4.69, 9.17) is 4.74 Å². The van der Waals surface area contributed by atoms with Crippen molar-refractivity contribution in [3.8, 4) is 5.75 Å². The smallest absolute Gasteiger partial charge is 0.274 e. The molecule has 3 aromatic rings. The van der Waals surface area contributed by atoms with Crippen LogP contribution in [0.25, 0.3) is 0 Å². The third-order valence-electron chi connectivity index (χ3n) is 5.12. The number of amides is 1. The summed E-state index contributed by atoms with van der Waals surface area (Å²) in [5.74, 6) is -0.705. The number of rotatable bonds is 8. The normalized spacial score (nSPS) is 11.1. The molecule has 0 spiro atoms. The predicted octanol–water partition coefficient (Wildman–Crippen LogP) is 4.27. The van der Waals surface area contributed by atoms with E-state index in [9.17, 15) is 27.7 Å². The van der Waals surface area contributed by atoms with Gasteiger partial charge in [0.2, 0.25) is 10.0 Å². The van der Waals surface area contributed by atoms with Crippen molar-refractivity contribution >= 4 is 33.0 Å². The number of nitrogens with one attached hydrogen (secondary N) is 1. The highest BCUT2D eigenvalue weighted by Crippen LogP contribution is 2.28. The summed E-state index contributed by atoms with van der Waals surface area (Å²) in [6.45, 7) is 1.35. The molecule has 3 rings (SSSR count). The van der Waals surface area contributed by atoms with E-state index in [1.807, 2.05) is 0 Å². The topological polar surface area (TPSA) is 119 Å². The molecule has 0 aliphatic carbocycles. The number of carbonyl (C=O) groups is 1. The molecule has 34 heavy (non-hydrogen) atoms. The number of carbonyl (C=O) groups excluding carboxylic acids is 1. The number of nitro benzene ring substituents is 1. The Kier molecular flexibility index (Phi) is 7.16. The van der Waals surface area contributed by atoms with Crippen LogP contribution >= 0.6 is 0 Å². The number of sulfonamides is 1. The van der Waals surface area contributed by atoms with Crippen molar-refractivity contribution in [2.24, 2.45) is 0 Å². The van der Waals surface area contributed by atoms with E-state index in [1.54, 1.807) is 6.07 Å². The molecule has 178 valence electrons. The van der Waals surface area contributed by atoms with Crippen LogP contribution in [-0.2, 0) is 16.6 Å². The zero-order chi connectivity index (χ0) is 25.0. The Hall–Kier alpha value is -3.99. The van der Waals surface area contributed by atoms with Crippen LogP contribution in [-0.4, -0.2) is 32.6 Å². The van der Waals surface area contributed by atoms with Crippen LogP contribution in [0.1, 0.15) is 21.5 Å². The summed E-state index contributed by atoms with van der Waals surface area (Å²) < 4.78 is 44.7. The van der Waals surface area contributed by atoms with Crippen LogP contribution in [0.2, 0.25) is 0 Å². The third-order valence-corrected chi connectivity index (χ3v) is 6.26. The molecule has 1 N–H and O–H groups in total. The maximum Gasteiger partial charge on any atom is 0.274 e. The second-order valence-electron chi connectivity index (χ2n) is 7.43. The number of ether oxygens (including phenoxy) is 1. The van der Waals surface area contributed by atoms with Crippen molar-refractivity contribution in [2.75, 3.05) is 23.0 Å². The second kappa shape index (κ2) is 9.87. The fourth-order valence-electron chi connectivity index (χ4n) is 3.36. The van der Waals surface area contributed by atoms with Crippen LogP contribution in [0.4, 0.5) is 21.5 Å². The van der Waals surface area contributed by atoms with Crippen molar-refractivity contribution < 1.29 is 27.3 Å². The Labute approximate surface area is 196 Å². The molecule has 0 saturated heterocycles. The van der Waals surface area contributed by atoms with Gasteiger partial charge in [-0.2, -0.15) is 0 Å². The van der Waals surface area contributed by atoms with Crippen molar-refractivity contribution in [2.45, 2.75) is 13.5 Å². The van der Waals surface area contributed by atoms with Crippen LogP contribution in [0, 0.1) is 22.9 Å². The first-order valence-electron chi connectivity index (χ1n) is 9.97. The van der Waals surface area contributed by atoms with Crippen LogP contribution in [0.15, 0.2) is 60.7 Å². The van der Waals surface area contributed by atoms with Gasteiger partial charge >= 0.3 is 0 Å². The number of hydrogen-bond donors (Lipinski definition) is 1. The highest BCUT2D eigenvalue weighted by Gasteiger charge is 2.22. The standard InChI is InChI=1S/C23H22FN3O6S/c1-15-20(5-4-6-21(15)27(29)30)25-23(28)16-7-12-22(33-2)17(13-16)14-26(34(3,31)32)19-10-8-18(24)9-11-19/h4-13H,14H2,1-3H3,(H,25,28). The van der Waals surface area contributed by atoms with Crippen LogP contribution < -0.4 is 14.4 Å². The van der Waals surface area contributed by atoms with E-state index >= 15 is 0 Å². The first kappa shape index (κ1) is 24.6. The van der Waals surface area contributed by atoms with E-state index in [0.717, 1.165) is 22.7 Å². The lowest BCUT2D eigenvalue weighted by atomic mass is 10.1. The van der Waals surface area contributed by atoms with Crippen molar-refractivity contribution in [1.29, 1.82) is 0 Å². The molecule has 3 aromatic carbocycles. The van der Waals surface area contributed by atoms with Crippen molar-refractivity contribution in [1.82, 2.24) is 0 Å². The Morgan fingerprint density at radius 3 is 2.41 bits per heavy atom. The molecule has 0 aliphatic heterocycles.